The van der Waals surface area contributed by atoms with Gasteiger partial charge in [0.05, 0.1) is 12.9 Å². The molecule has 0 aliphatic carbocycles. The Hall–Kier alpha value is -2.07. The van der Waals surface area contributed by atoms with E-state index in [-0.39, 0.29) is 12.4 Å². The van der Waals surface area contributed by atoms with Crippen molar-refractivity contribution in [2.24, 2.45) is 0 Å². The zero-order valence-corrected chi connectivity index (χ0v) is 20.2. The highest BCUT2D eigenvalue weighted by atomic mass is 35.5. The Balaban J connectivity index is 0.000000701. The van der Waals surface area contributed by atoms with Gasteiger partial charge >= 0.3 is 0 Å². The number of benzene rings is 1. The maximum atomic E-state index is 3.67. The number of aryl methyl sites for hydroxylation is 1. The fourth-order valence-electron chi connectivity index (χ4n) is 3.71. The summed E-state index contributed by atoms with van der Waals surface area (Å²) in [4.78, 5) is 6.42. The molecule has 0 fully saturated rings. The molecule has 31 heavy (non-hydrogen) atoms. The number of H-pyrrole nitrogens is 1. The van der Waals surface area contributed by atoms with Crippen LogP contribution in [0.3, 0.4) is 0 Å². The van der Waals surface area contributed by atoms with Crippen LogP contribution in [0.4, 0.5) is 0 Å². The van der Waals surface area contributed by atoms with Crippen LogP contribution < -0.4 is 17.0 Å². The highest BCUT2D eigenvalue weighted by Gasteiger charge is 2.11. The van der Waals surface area contributed by atoms with Crippen molar-refractivity contribution in [3.63, 3.8) is 0 Å². The van der Waals surface area contributed by atoms with E-state index >= 15 is 0 Å². The summed E-state index contributed by atoms with van der Waals surface area (Å²) >= 11 is 0. The lowest BCUT2D eigenvalue weighted by Crippen LogP contribution is -3.00. The zero-order chi connectivity index (χ0) is 21.3. The number of unbranched alkanes of at least 4 members (excludes halogenated alkanes) is 9. The number of nitrogens with one attached hydrogen (secondary N) is 1. The largest absolute Gasteiger partial charge is 1.00 e. The molecule has 0 unspecified atom stereocenters. The van der Waals surface area contributed by atoms with Crippen molar-refractivity contribution in [3.8, 4) is 0 Å². The van der Waals surface area contributed by atoms with Crippen molar-refractivity contribution in [3.05, 3.63) is 72.8 Å². The molecule has 5 heteroatoms. The topological polar surface area (TPSA) is 37.5 Å². The van der Waals surface area contributed by atoms with E-state index in [0.717, 1.165) is 13.1 Å². The van der Waals surface area contributed by atoms with Crippen LogP contribution in [0.25, 0.3) is 0 Å². The van der Waals surface area contributed by atoms with Crippen molar-refractivity contribution >= 4 is 0 Å². The van der Waals surface area contributed by atoms with Crippen molar-refractivity contribution < 1.29 is 17.0 Å². The van der Waals surface area contributed by atoms with E-state index < -0.39 is 0 Å². The molecule has 0 amide bonds. The minimum atomic E-state index is 0. The quantitative estimate of drug-likeness (QED) is 0.318. The highest BCUT2D eigenvalue weighted by molar-refractivity contribution is 5.13. The molecular weight excluding hydrogens is 404 g/mol. The molecule has 0 saturated heterocycles. The van der Waals surface area contributed by atoms with Crippen molar-refractivity contribution in [2.75, 3.05) is 0 Å². The van der Waals surface area contributed by atoms with Gasteiger partial charge < -0.3 is 17.4 Å². The van der Waals surface area contributed by atoms with Crippen LogP contribution in [0.1, 0.15) is 82.5 Å². The third kappa shape index (κ3) is 11.8. The minimum Gasteiger partial charge on any atom is -1.00 e. The molecule has 2 aromatic heterocycles. The molecule has 0 atom stereocenters. The second kappa shape index (κ2) is 17.6. The predicted molar refractivity (Wildman–Crippen MR) is 125 cm³/mol. The van der Waals surface area contributed by atoms with Crippen molar-refractivity contribution in [1.29, 1.82) is 0 Å². The molecule has 4 nitrogen and oxygen atoms in total. The molecule has 3 aromatic rings. The molecule has 3 rings (SSSR count). The number of halogens is 1. The first-order valence-corrected chi connectivity index (χ1v) is 11.8. The van der Waals surface area contributed by atoms with Gasteiger partial charge in [0.25, 0.3) is 5.82 Å². The van der Waals surface area contributed by atoms with E-state index in [1.54, 1.807) is 18.7 Å². The van der Waals surface area contributed by atoms with E-state index in [2.05, 4.69) is 75.7 Å². The summed E-state index contributed by atoms with van der Waals surface area (Å²) in [6.07, 6.45) is 23.6. The molecule has 2 heterocycles. The number of nitrogens with zero attached hydrogens (tertiary/aromatic N) is 3. The van der Waals surface area contributed by atoms with Gasteiger partial charge in [0, 0.05) is 19.3 Å². The van der Waals surface area contributed by atoms with Crippen LogP contribution >= 0.6 is 0 Å². The monoisotopic (exact) mass is 444 g/mol. The average Bonchev–Trinajstić information content (AvgIpc) is 3.46. The van der Waals surface area contributed by atoms with Gasteiger partial charge in [0.15, 0.2) is 0 Å². The highest BCUT2D eigenvalue weighted by Crippen LogP contribution is 2.11. The van der Waals surface area contributed by atoms with Crippen LogP contribution in [-0.2, 0) is 13.1 Å². The van der Waals surface area contributed by atoms with Crippen LogP contribution in [-0.4, -0.2) is 14.5 Å². The lowest BCUT2D eigenvalue weighted by Gasteiger charge is -2.03. The maximum absolute atomic E-state index is 3.67. The van der Waals surface area contributed by atoms with Crippen LogP contribution in [0.15, 0.2) is 61.4 Å². The van der Waals surface area contributed by atoms with E-state index in [1.165, 1.54) is 75.6 Å². The molecule has 0 aliphatic rings. The average molecular weight is 445 g/mol. The Morgan fingerprint density at radius 3 is 2.10 bits per heavy atom. The third-order valence-corrected chi connectivity index (χ3v) is 5.61. The predicted octanol–water partition coefficient (Wildman–Crippen LogP) is 3.47. The summed E-state index contributed by atoms with van der Waals surface area (Å²) in [6.45, 7) is 6.65. The van der Waals surface area contributed by atoms with E-state index in [4.69, 9.17) is 0 Å². The third-order valence-electron chi connectivity index (χ3n) is 5.61. The second-order valence-corrected chi connectivity index (χ2v) is 8.09. The maximum Gasteiger partial charge on any atom is 0.253 e. The molecule has 0 aliphatic heterocycles. The Bertz CT molecular complexity index is 736. The Labute approximate surface area is 195 Å². The van der Waals surface area contributed by atoms with Crippen LogP contribution in [0, 0.1) is 6.92 Å². The van der Waals surface area contributed by atoms with Gasteiger partial charge in [-0.1, -0.05) is 88.6 Å². The van der Waals surface area contributed by atoms with Gasteiger partial charge in [-0.2, -0.15) is 0 Å². The summed E-state index contributed by atoms with van der Waals surface area (Å²) in [6, 6.07) is 10.7. The number of hydrogen-bond acceptors (Lipinski definition) is 1. The zero-order valence-electron chi connectivity index (χ0n) is 19.5. The van der Waals surface area contributed by atoms with Gasteiger partial charge in [-0.15, -0.1) is 0 Å². The molecule has 1 aromatic carbocycles. The van der Waals surface area contributed by atoms with Gasteiger partial charge in [0.1, 0.15) is 18.9 Å². The first kappa shape index (κ1) is 27.0. The van der Waals surface area contributed by atoms with Gasteiger partial charge in [-0.05, 0) is 18.4 Å². The first-order chi connectivity index (χ1) is 14.8. The van der Waals surface area contributed by atoms with Crippen LogP contribution in [0.5, 0.6) is 0 Å². The summed E-state index contributed by atoms with van der Waals surface area (Å²) < 4.78 is 4.76. The van der Waals surface area contributed by atoms with E-state index in [0.29, 0.717) is 0 Å². The van der Waals surface area contributed by atoms with Crippen LogP contribution in [0.2, 0.25) is 0 Å². The number of hydrogen-bond donors (Lipinski definition) is 1. The normalized spacial score (nSPS) is 10.3. The molecule has 172 valence electrons. The van der Waals surface area contributed by atoms with Gasteiger partial charge in [-0.25, -0.2) is 14.1 Å². The molecule has 0 spiro atoms. The fraction of sp³-hybridized carbons (Fsp3) is 0.538. The second-order valence-electron chi connectivity index (χ2n) is 8.09. The molecule has 0 bridgehead atoms. The standard InChI is InChI=1S/C23H37N2.C3H4N2.ClH/c1-3-4-5-6-7-8-9-10-11-15-18-24-19-20-25(22(24)2)21-23-16-13-12-14-17-23;1-2-5-3-4-1;/h12-14,16-17,19-20H,3-11,15,18,21H2,1-2H3;1-3H,(H,4,5);1H/q+1;;/p-1. The number of aromatic amines is 1. The smallest absolute Gasteiger partial charge is 0.253 e. The van der Waals surface area contributed by atoms with Gasteiger partial charge in [0.2, 0.25) is 0 Å². The SMILES string of the molecule is CCCCCCCCCCCCn1cc[n+](Cc2ccccc2)c1C.[Cl-].c1c[nH]cn1. The summed E-state index contributed by atoms with van der Waals surface area (Å²) in [7, 11) is 0. The Morgan fingerprint density at radius 1 is 0.903 bits per heavy atom. The fourth-order valence-corrected chi connectivity index (χ4v) is 3.71. The number of aromatic nitrogens is 4. The van der Waals surface area contributed by atoms with Gasteiger partial charge in [-0.3, -0.25) is 0 Å². The molecule has 0 radical (unpaired) electrons. The summed E-state index contributed by atoms with van der Waals surface area (Å²) in [5.41, 5.74) is 1.37. The van der Waals surface area contributed by atoms with Crippen molar-refractivity contribution in [2.45, 2.75) is 91.1 Å². The van der Waals surface area contributed by atoms with E-state index in [9.17, 15) is 0 Å². The van der Waals surface area contributed by atoms with Crippen molar-refractivity contribution in [1.82, 2.24) is 14.5 Å². The Morgan fingerprint density at radius 2 is 1.55 bits per heavy atom. The summed E-state index contributed by atoms with van der Waals surface area (Å²) in [5, 5.41) is 0. The lowest BCUT2D eigenvalue weighted by atomic mass is 10.1. The Kier molecular flexibility index (Phi) is 15.3. The van der Waals surface area contributed by atoms with E-state index in [1.807, 2.05) is 0 Å². The lowest BCUT2D eigenvalue weighted by molar-refractivity contribution is -0.694. The molecular formula is C26H41ClN4. The minimum absolute atomic E-state index is 0. The molecule has 1 N–H and O–H groups in total. The molecule has 0 saturated carbocycles. The number of imidazole rings is 2. The first-order valence-electron chi connectivity index (χ1n) is 11.8. The number of rotatable bonds is 13. The summed E-state index contributed by atoms with van der Waals surface area (Å²) in [5.74, 6) is 1.36.